The van der Waals surface area contributed by atoms with Crippen LogP contribution in [0.4, 0.5) is 0 Å². The third-order valence-corrected chi connectivity index (χ3v) is 1.89. The van der Waals surface area contributed by atoms with Crippen LogP contribution in [-0.4, -0.2) is 27.6 Å². The average Bonchev–Trinajstić information content (AvgIpc) is 2.57. The number of carbonyl (C=O) groups is 1. The van der Waals surface area contributed by atoms with Crippen LogP contribution in [0.3, 0.4) is 0 Å². The molecule has 1 aromatic rings. The van der Waals surface area contributed by atoms with Crippen molar-refractivity contribution in [3.05, 3.63) is 18.2 Å². The van der Waals surface area contributed by atoms with E-state index in [4.69, 9.17) is 10.8 Å². The van der Waals surface area contributed by atoms with Crippen molar-refractivity contribution in [1.82, 2.24) is 9.97 Å². The van der Waals surface area contributed by atoms with Crippen LogP contribution in [-0.2, 0) is 4.79 Å². The van der Waals surface area contributed by atoms with Gasteiger partial charge in [-0.25, -0.2) is 4.98 Å². The van der Waals surface area contributed by atoms with Crippen molar-refractivity contribution in [2.24, 2.45) is 5.73 Å². The number of carboxylic acid groups (broad SMARTS) is 1. The molecule has 0 saturated carbocycles. The van der Waals surface area contributed by atoms with Crippen LogP contribution in [0.25, 0.3) is 0 Å². The molecule has 0 saturated heterocycles. The van der Waals surface area contributed by atoms with Gasteiger partial charge in [-0.1, -0.05) is 0 Å². The molecule has 0 spiro atoms. The van der Waals surface area contributed by atoms with Gasteiger partial charge in [0.1, 0.15) is 0 Å². The van der Waals surface area contributed by atoms with Crippen LogP contribution >= 0.6 is 0 Å². The third kappa shape index (κ3) is 2.55. The van der Waals surface area contributed by atoms with Gasteiger partial charge < -0.3 is 15.8 Å². The molecule has 0 aliphatic carbocycles. The first-order chi connectivity index (χ1) is 6.25. The van der Waals surface area contributed by atoms with E-state index < -0.39 is 11.9 Å². The Labute approximate surface area is 76.0 Å². The number of hydrogen-bond donors (Lipinski definition) is 3. The molecule has 1 aromatic heterocycles. The van der Waals surface area contributed by atoms with Crippen molar-refractivity contribution < 1.29 is 9.90 Å². The smallest absolute Gasteiger partial charge is 0.312 e. The molecule has 0 unspecified atom stereocenters. The van der Waals surface area contributed by atoms with Gasteiger partial charge in [0.05, 0.1) is 12.2 Å². The van der Waals surface area contributed by atoms with E-state index in [1.807, 2.05) is 0 Å². The van der Waals surface area contributed by atoms with Crippen LogP contribution < -0.4 is 5.73 Å². The summed E-state index contributed by atoms with van der Waals surface area (Å²) in [5.41, 5.74) is 5.95. The number of aromatic nitrogens is 2. The van der Waals surface area contributed by atoms with Gasteiger partial charge in [-0.2, -0.15) is 0 Å². The fraction of sp³-hybridized carbons (Fsp3) is 0.500. The van der Waals surface area contributed by atoms with Gasteiger partial charge in [-0.15, -0.1) is 0 Å². The zero-order valence-electron chi connectivity index (χ0n) is 7.23. The highest BCUT2D eigenvalue weighted by molar-refractivity contribution is 5.75. The first kappa shape index (κ1) is 9.73. The molecule has 0 aromatic carbocycles. The van der Waals surface area contributed by atoms with Gasteiger partial charge in [0.25, 0.3) is 0 Å². The SMILES string of the molecule is NCCC[C@@H](C(=O)O)c1cnc[nH]1. The summed E-state index contributed by atoms with van der Waals surface area (Å²) in [5, 5.41) is 8.88. The fourth-order valence-electron chi connectivity index (χ4n) is 1.19. The minimum atomic E-state index is -0.835. The largest absolute Gasteiger partial charge is 0.481 e. The number of hydrogen-bond acceptors (Lipinski definition) is 3. The van der Waals surface area contributed by atoms with Crippen molar-refractivity contribution in [3.8, 4) is 0 Å². The lowest BCUT2D eigenvalue weighted by Crippen LogP contribution is -2.13. The molecular formula is C8H13N3O2. The Balaban J connectivity index is 2.63. The summed E-state index contributed by atoms with van der Waals surface area (Å²) in [6.07, 6.45) is 4.27. The lowest BCUT2D eigenvalue weighted by Gasteiger charge is -2.08. The van der Waals surface area contributed by atoms with Gasteiger partial charge in [0.15, 0.2) is 0 Å². The van der Waals surface area contributed by atoms with E-state index in [1.165, 1.54) is 12.5 Å². The monoisotopic (exact) mass is 183 g/mol. The predicted octanol–water partition coefficient (Wildman–Crippen LogP) is 0.317. The van der Waals surface area contributed by atoms with Crippen LogP contribution in [0.1, 0.15) is 24.5 Å². The summed E-state index contributed by atoms with van der Waals surface area (Å²) < 4.78 is 0. The number of imidazole rings is 1. The van der Waals surface area contributed by atoms with Crippen molar-refractivity contribution in [2.45, 2.75) is 18.8 Å². The molecule has 0 bridgehead atoms. The number of carboxylic acids is 1. The molecule has 1 atom stereocenters. The van der Waals surface area contributed by atoms with Gasteiger partial charge in [0.2, 0.25) is 0 Å². The quantitative estimate of drug-likeness (QED) is 0.612. The Morgan fingerprint density at radius 1 is 1.77 bits per heavy atom. The van der Waals surface area contributed by atoms with Crippen LogP contribution in [0.5, 0.6) is 0 Å². The number of aromatic amines is 1. The summed E-state index contributed by atoms with van der Waals surface area (Å²) in [7, 11) is 0. The van der Waals surface area contributed by atoms with Crippen molar-refractivity contribution >= 4 is 5.97 Å². The number of rotatable bonds is 5. The maximum atomic E-state index is 10.8. The summed E-state index contributed by atoms with van der Waals surface area (Å²) in [6.45, 7) is 0.512. The average molecular weight is 183 g/mol. The predicted molar refractivity (Wildman–Crippen MR) is 47.3 cm³/mol. The Morgan fingerprint density at radius 3 is 3.00 bits per heavy atom. The Morgan fingerprint density at radius 2 is 2.54 bits per heavy atom. The fourth-order valence-corrected chi connectivity index (χ4v) is 1.19. The minimum Gasteiger partial charge on any atom is -0.481 e. The normalized spacial score (nSPS) is 12.7. The highest BCUT2D eigenvalue weighted by Crippen LogP contribution is 2.18. The van der Waals surface area contributed by atoms with Gasteiger partial charge >= 0.3 is 5.97 Å². The standard InChI is InChI=1S/C8H13N3O2/c9-3-1-2-6(8(12)13)7-4-10-5-11-7/h4-6H,1-3,9H2,(H,10,11)(H,12,13)/t6-/m1/s1. The number of nitrogens with one attached hydrogen (secondary N) is 1. The minimum absolute atomic E-state index is 0.508. The van der Waals surface area contributed by atoms with Gasteiger partial charge in [0, 0.05) is 11.9 Å². The van der Waals surface area contributed by atoms with Crippen molar-refractivity contribution in [3.63, 3.8) is 0 Å². The van der Waals surface area contributed by atoms with E-state index in [2.05, 4.69) is 9.97 Å². The van der Waals surface area contributed by atoms with Crippen LogP contribution in [0.15, 0.2) is 12.5 Å². The first-order valence-corrected chi connectivity index (χ1v) is 4.17. The molecule has 0 radical (unpaired) electrons. The maximum Gasteiger partial charge on any atom is 0.312 e. The van der Waals surface area contributed by atoms with Gasteiger partial charge in [-0.05, 0) is 19.4 Å². The number of aliphatic carboxylic acids is 1. The topological polar surface area (TPSA) is 92.0 Å². The molecular weight excluding hydrogens is 170 g/mol. The lowest BCUT2D eigenvalue weighted by molar-refractivity contribution is -0.139. The highest BCUT2D eigenvalue weighted by Gasteiger charge is 2.19. The summed E-state index contributed by atoms with van der Waals surface area (Å²) in [6, 6.07) is 0. The van der Waals surface area contributed by atoms with E-state index in [-0.39, 0.29) is 0 Å². The highest BCUT2D eigenvalue weighted by atomic mass is 16.4. The van der Waals surface area contributed by atoms with E-state index in [1.54, 1.807) is 0 Å². The first-order valence-electron chi connectivity index (χ1n) is 4.17. The van der Waals surface area contributed by atoms with Crippen LogP contribution in [0, 0.1) is 0 Å². The zero-order valence-corrected chi connectivity index (χ0v) is 7.23. The molecule has 0 amide bonds. The molecule has 13 heavy (non-hydrogen) atoms. The summed E-state index contributed by atoms with van der Waals surface area (Å²) >= 11 is 0. The number of H-pyrrole nitrogens is 1. The lowest BCUT2D eigenvalue weighted by atomic mass is 10.0. The van der Waals surface area contributed by atoms with E-state index in [9.17, 15) is 4.79 Å². The molecule has 5 nitrogen and oxygen atoms in total. The molecule has 0 aliphatic heterocycles. The molecule has 1 rings (SSSR count). The van der Waals surface area contributed by atoms with E-state index in [0.29, 0.717) is 25.1 Å². The van der Waals surface area contributed by atoms with Crippen LogP contribution in [0.2, 0.25) is 0 Å². The Hall–Kier alpha value is -1.36. The molecule has 0 aliphatic rings. The Kier molecular flexibility index (Phi) is 3.45. The number of nitrogens with zero attached hydrogens (tertiary/aromatic N) is 1. The second-order valence-corrected chi connectivity index (χ2v) is 2.83. The molecule has 1 heterocycles. The summed E-state index contributed by atoms with van der Waals surface area (Å²) in [4.78, 5) is 17.4. The second-order valence-electron chi connectivity index (χ2n) is 2.83. The maximum absolute atomic E-state index is 10.8. The Bertz CT molecular complexity index is 258. The molecule has 5 heteroatoms. The zero-order chi connectivity index (χ0) is 9.68. The molecule has 0 fully saturated rings. The third-order valence-electron chi connectivity index (χ3n) is 1.89. The van der Waals surface area contributed by atoms with Crippen molar-refractivity contribution in [1.29, 1.82) is 0 Å². The van der Waals surface area contributed by atoms with E-state index in [0.717, 1.165) is 0 Å². The summed E-state index contributed by atoms with van der Waals surface area (Å²) in [5.74, 6) is -1.34. The van der Waals surface area contributed by atoms with Crippen molar-refractivity contribution in [2.75, 3.05) is 6.54 Å². The second kappa shape index (κ2) is 4.61. The van der Waals surface area contributed by atoms with E-state index >= 15 is 0 Å². The molecule has 4 N–H and O–H groups in total. The molecule has 72 valence electrons. The number of nitrogens with two attached hydrogens (primary N) is 1. The van der Waals surface area contributed by atoms with Gasteiger partial charge in [-0.3, -0.25) is 4.79 Å².